The number of para-hydroxylation sites is 1. The summed E-state index contributed by atoms with van der Waals surface area (Å²) in [7, 11) is 2.02. The first-order valence-corrected chi connectivity index (χ1v) is 19.8. The number of ether oxygens (including phenoxy) is 5. The van der Waals surface area contributed by atoms with Crippen molar-refractivity contribution in [2.45, 2.75) is 105 Å². The molecule has 2 heterocycles. The van der Waals surface area contributed by atoms with Crippen LogP contribution >= 0.6 is 0 Å². The fourth-order valence-corrected chi connectivity index (χ4v) is 6.68. The van der Waals surface area contributed by atoms with Crippen molar-refractivity contribution >= 4 is 52.1 Å². The molecule has 17 nitrogen and oxygen atoms in total. The number of aryl methyl sites for hydroxylation is 1. The quantitative estimate of drug-likeness (QED) is 0.0970. The highest BCUT2D eigenvalue weighted by Crippen LogP contribution is 2.29. The predicted molar refractivity (Wildman–Crippen MR) is 212 cm³/mol. The molecule has 0 bridgehead atoms. The number of carbonyl (C=O) groups excluding carboxylic acids is 7. The normalized spacial score (nSPS) is 19.6. The smallest absolute Gasteiger partial charge is 0.302 e. The highest BCUT2D eigenvalue weighted by molar-refractivity contribution is 5.91. The van der Waals surface area contributed by atoms with Gasteiger partial charge in [0, 0.05) is 83.2 Å². The van der Waals surface area contributed by atoms with Crippen molar-refractivity contribution in [2.24, 2.45) is 11.8 Å². The molecular formula is C41H61N5O12. The number of amides is 3. The summed E-state index contributed by atoms with van der Waals surface area (Å²) < 4.78 is 29.9. The second-order valence-electron chi connectivity index (χ2n) is 14.7. The fourth-order valence-electron chi connectivity index (χ4n) is 6.68. The van der Waals surface area contributed by atoms with Gasteiger partial charge < -0.3 is 49.1 Å². The molecule has 0 aliphatic carbocycles. The third-order valence-electron chi connectivity index (χ3n) is 9.81. The summed E-state index contributed by atoms with van der Waals surface area (Å²) in [6.45, 7) is 11.7. The van der Waals surface area contributed by atoms with E-state index in [0.29, 0.717) is 26.1 Å². The molecule has 0 saturated carbocycles. The van der Waals surface area contributed by atoms with Crippen LogP contribution in [0.2, 0.25) is 0 Å². The van der Waals surface area contributed by atoms with E-state index in [1.54, 1.807) is 6.92 Å². The summed E-state index contributed by atoms with van der Waals surface area (Å²) in [6, 6.07) is 9.00. The van der Waals surface area contributed by atoms with Crippen LogP contribution in [0.4, 0.5) is 0 Å². The molecule has 2 aromatic rings. The highest BCUT2D eigenvalue weighted by atomic mass is 16.6. The van der Waals surface area contributed by atoms with Crippen LogP contribution < -0.4 is 16.0 Å². The summed E-state index contributed by atoms with van der Waals surface area (Å²) in [5, 5.41) is 9.23. The number of Topliss-reactive ketones (excluding diaryl/α,β-unsaturated/α-hetero) is 2. The average Bonchev–Trinajstić information content (AvgIpc) is 3.50. The molecule has 3 N–H and O–H groups in total. The number of hydrogen-bond donors (Lipinski definition) is 3. The third kappa shape index (κ3) is 15.9. The molecule has 1 aliphatic heterocycles. The molecule has 3 rings (SSSR count). The van der Waals surface area contributed by atoms with Crippen LogP contribution in [-0.4, -0.2) is 128 Å². The summed E-state index contributed by atoms with van der Waals surface area (Å²) in [4.78, 5) is 90.4. The predicted octanol–water partition coefficient (Wildman–Crippen LogP) is 2.05. The van der Waals surface area contributed by atoms with Crippen LogP contribution in [-0.2, 0) is 70.3 Å². The fraction of sp³-hybridized carbons (Fsp3) is 0.634. The number of rotatable bonds is 25. The molecule has 1 fully saturated rings. The van der Waals surface area contributed by atoms with Gasteiger partial charge in [-0.2, -0.15) is 0 Å². The molecular weight excluding hydrogens is 754 g/mol. The summed E-state index contributed by atoms with van der Waals surface area (Å²) in [5.74, 6) is -4.76. The Morgan fingerprint density at radius 3 is 2.26 bits per heavy atom. The Morgan fingerprint density at radius 2 is 1.60 bits per heavy atom. The molecule has 1 aromatic carbocycles. The molecule has 1 saturated heterocycles. The molecule has 3 amide bonds. The molecule has 0 radical (unpaired) electrons. The molecule has 1 aliphatic rings. The Balaban J connectivity index is 1.77. The van der Waals surface area contributed by atoms with Crippen LogP contribution in [0.25, 0.3) is 10.9 Å². The summed E-state index contributed by atoms with van der Waals surface area (Å²) >= 11 is 0. The second-order valence-corrected chi connectivity index (χ2v) is 14.7. The SMILES string of the molecule is CCN(C)Cc1cc2ccccc2n1CCC(=O)C[C@@H](CC(=O)N[C@H]1O[C@@H](COC(C)=O)[C@H](C)[C@@H](OC(C)=O)[C@@H]1NC(C)=O)C(=O)NCCOCCOCCC(C)=O. The van der Waals surface area contributed by atoms with Gasteiger partial charge in [-0.25, -0.2) is 0 Å². The Bertz CT molecular complexity index is 1710. The number of aromatic nitrogens is 1. The molecule has 322 valence electrons. The van der Waals surface area contributed by atoms with Crippen molar-refractivity contribution in [1.82, 2.24) is 25.4 Å². The number of esters is 2. The number of carbonyl (C=O) groups is 7. The third-order valence-corrected chi connectivity index (χ3v) is 9.81. The van der Waals surface area contributed by atoms with Crippen molar-refractivity contribution in [2.75, 3.05) is 53.2 Å². The Hall–Kier alpha value is -4.71. The van der Waals surface area contributed by atoms with E-state index in [1.165, 1.54) is 27.7 Å². The lowest BCUT2D eigenvalue weighted by atomic mass is 9.88. The lowest BCUT2D eigenvalue weighted by molar-refractivity contribution is -0.199. The maximum atomic E-state index is 13.8. The number of nitrogens with zero attached hydrogens (tertiary/aromatic N) is 2. The van der Waals surface area contributed by atoms with Gasteiger partial charge in [-0.15, -0.1) is 0 Å². The first-order chi connectivity index (χ1) is 27.6. The van der Waals surface area contributed by atoms with E-state index in [9.17, 15) is 33.6 Å². The van der Waals surface area contributed by atoms with Gasteiger partial charge in [0.25, 0.3) is 0 Å². The Labute approximate surface area is 340 Å². The minimum Gasteiger partial charge on any atom is -0.463 e. The van der Waals surface area contributed by atoms with Crippen LogP contribution in [0, 0.1) is 11.8 Å². The summed E-state index contributed by atoms with van der Waals surface area (Å²) in [6.07, 6.45) is -3.32. The van der Waals surface area contributed by atoms with Crippen LogP contribution in [0.1, 0.15) is 72.9 Å². The van der Waals surface area contributed by atoms with E-state index in [0.717, 1.165) is 23.1 Å². The van der Waals surface area contributed by atoms with E-state index < -0.39 is 72.4 Å². The Morgan fingerprint density at radius 1 is 0.897 bits per heavy atom. The van der Waals surface area contributed by atoms with Crippen molar-refractivity contribution in [3.8, 4) is 0 Å². The number of fused-ring (bicyclic) bond motifs is 1. The second kappa shape index (κ2) is 24.3. The monoisotopic (exact) mass is 815 g/mol. The maximum Gasteiger partial charge on any atom is 0.302 e. The van der Waals surface area contributed by atoms with Gasteiger partial charge in [-0.05, 0) is 38.0 Å². The number of benzene rings is 1. The zero-order valence-corrected chi connectivity index (χ0v) is 34.8. The molecule has 58 heavy (non-hydrogen) atoms. The van der Waals surface area contributed by atoms with Crippen molar-refractivity contribution in [3.05, 3.63) is 36.0 Å². The van der Waals surface area contributed by atoms with Crippen molar-refractivity contribution in [1.29, 1.82) is 0 Å². The average molecular weight is 816 g/mol. The van der Waals surface area contributed by atoms with Crippen LogP contribution in [0.15, 0.2) is 30.3 Å². The van der Waals surface area contributed by atoms with Gasteiger partial charge in [0.15, 0.2) is 6.23 Å². The Kier molecular flexibility index (Phi) is 19.9. The van der Waals surface area contributed by atoms with Crippen LogP contribution in [0.5, 0.6) is 0 Å². The molecule has 1 aromatic heterocycles. The summed E-state index contributed by atoms with van der Waals surface area (Å²) in [5.41, 5.74) is 2.04. The van der Waals surface area contributed by atoms with Gasteiger partial charge in [0.05, 0.1) is 32.3 Å². The number of nitrogens with one attached hydrogen (secondary N) is 3. The molecule has 0 spiro atoms. The van der Waals surface area contributed by atoms with E-state index in [4.69, 9.17) is 23.7 Å². The topological polar surface area (TPSA) is 210 Å². The number of ketones is 2. The van der Waals surface area contributed by atoms with E-state index in [1.807, 2.05) is 31.3 Å². The minimum atomic E-state index is -1.26. The molecule has 17 heteroatoms. The van der Waals surface area contributed by atoms with E-state index in [2.05, 4.69) is 38.4 Å². The molecule has 0 unspecified atom stereocenters. The zero-order chi connectivity index (χ0) is 42.8. The first kappa shape index (κ1) is 47.7. The van der Waals surface area contributed by atoms with Gasteiger partial charge in [-0.1, -0.05) is 32.0 Å². The lowest BCUT2D eigenvalue weighted by Gasteiger charge is -2.45. The van der Waals surface area contributed by atoms with Gasteiger partial charge in [0.1, 0.15) is 36.4 Å². The minimum absolute atomic E-state index is 0.0242. The van der Waals surface area contributed by atoms with Crippen LogP contribution in [0.3, 0.4) is 0 Å². The van der Waals surface area contributed by atoms with Gasteiger partial charge >= 0.3 is 11.9 Å². The maximum absolute atomic E-state index is 13.8. The standard InChI is InChI=1S/C41H61N5O12/c1-8-45(7)24-33-21-31-11-9-10-12-35(31)46(33)16-13-34(51)22-32(40(53)42-15-18-55-20-19-54-17-14-26(2)47)23-37(52)44-41-38(43-28(4)48)39(57-30(6)50)27(3)36(58-41)25-56-29(5)49/h9-12,21,27,32,36,38-39,41H,8,13-20,22-25H2,1-7H3,(H,42,53)(H,43,48)(H,44,52)/t27-,32-,36-,38-,39+,41-/m0/s1. The zero-order valence-electron chi connectivity index (χ0n) is 34.8. The van der Waals surface area contributed by atoms with Crippen molar-refractivity contribution < 1.29 is 57.2 Å². The van der Waals surface area contributed by atoms with Gasteiger partial charge in [-0.3, -0.25) is 33.6 Å². The first-order valence-electron chi connectivity index (χ1n) is 19.8. The van der Waals surface area contributed by atoms with E-state index in [-0.39, 0.29) is 57.4 Å². The van der Waals surface area contributed by atoms with Gasteiger partial charge in [0.2, 0.25) is 17.7 Å². The number of hydrogen-bond acceptors (Lipinski definition) is 13. The molecule has 6 atom stereocenters. The highest BCUT2D eigenvalue weighted by Gasteiger charge is 2.47. The lowest BCUT2D eigenvalue weighted by Crippen LogP contribution is -2.66. The van der Waals surface area contributed by atoms with E-state index >= 15 is 0 Å². The van der Waals surface area contributed by atoms with Crippen molar-refractivity contribution in [3.63, 3.8) is 0 Å². The largest absolute Gasteiger partial charge is 0.463 e.